The number of nitrogens with zero attached hydrogens (tertiary/aromatic N) is 4. The number of benzene rings is 1. The Balaban J connectivity index is 1.46. The molecule has 6 nitrogen and oxygen atoms in total. The first-order valence-corrected chi connectivity index (χ1v) is 9.44. The quantitative estimate of drug-likeness (QED) is 0.528. The highest BCUT2D eigenvalue weighted by Crippen LogP contribution is 2.29. The Labute approximate surface area is 155 Å². The zero-order valence-electron chi connectivity index (χ0n) is 13.3. The van der Waals surface area contributed by atoms with E-state index in [9.17, 15) is 9.18 Å². The Morgan fingerprint density at radius 2 is 2.08 bits per heavy atom. The van der Waals surface area contributed by atoms with Gasteiger partial charge in [0.05, 0.1) is 5.69 Å². The predicted molar refractivity (Wildman–Crippen MR) is 101 cm³/mol. The maximum atomic E-state index is 13.2. The van der Waals surface area contributed by atoms with Crippen molar-refractivity contribution in [1.29, 1.82) is 0 Å². The van der Waals surface area contributed by atoms with Gasteiger partial charge in [-0.15, -0.1) is 10.2 Å². The normalized spacial score (nSPS) is 11.0. The van der Waals surface area contributed by atoms with E-state index >= 15 is 0 Å². The zero-order chi connectivity index (χ0) is 17.9. The van der Waals surface area contributed by atoms with Gasteiger partial charge in [0.25, 0.3) is 5.56 Å². The third kappa shape index (κ3) is 3.73. The van der Waals surface area contributed by atoms with Crippen molar-refractivity contribution in [2.24, 2.45) is 0 Å². The van der Waals surface area contributed by atoms with Crippen LogP contribution in [0.25, 0.3) is 5.65 Å². The van der Waals surface area contributed by atoms with E-state index in [1.54, 1.807) is 30.5 Å². The molecule has 0 aliphatic carbocycles. The summed E-state index contributed by atoms with van der Waals surface area (Å²) in [5, 5.41) is 11.7. The lowest BCUT2D eigenvalue weighted by Crippen LogP contribution is -2.14. The highest BCUT2D eigenvalue weighted by atomic mass is 32.2. The molecular formula is C17H12FN5OS2. The van der Waals surface area contributed by atoms with Crippen molar-refractivity contribution in [1.82, 2.24) is 19.6 Å². The summed E-state index contributed by atoms with van der Waals surface area (Å²) in [5.74, 6) is 0.192. The van der Waals surface area contributed by atoms with Crippen LogP contribution >= 0.6 is 23.1 Å². The first kappa shape index (κ1) is 16.7. The van der Waals surface area contributed by atoms with Crippen LogP contribution in [-0.2, 0) is 5.75 Å². The topological polar surface area (TPSA) is 72.2 Å². The molecule has 0 aliphatic rings. The monoisotopic (exact) mass is 385 g/mol. The molecule has 4 aromatic rings. The van der Waals surface area contributed by atoms with Gasteiger partial charge >= 0.3 is 0 Å². The van der Waals surface area contributed by atoms with Gasteiger partial charge in [0.2, 0.25) is 5.13 Å². The van der Waals surface area contributed by atoms with E-state index in [1.165, 1.54) is 45.7 Å². The van der Waals surface area contributed by atoms with Crippen molar-refractivity contribution >= 4 is 39.6 Å². The van der Waals surface area contributed by atoms with Crippen LogP contribution in [0.2, 0.25) is 0 Å². The highest BCUT2D eigenvalue weighted by Gasteiger charge is 2.08. The molecule has 1 N–H and O–H groups in total. The Bertz CT molecular complexity index is 1130. The van der Waals surface area contributed by atoms with E-state index in [0.29, 0.717) is 27.9 Å². The zero-order valence-corrected chi connectivity index (χ0v) is 14.9. The molecule has 3 heterocycles. The second kappa shape index (κ2) is 7.22. The van der Waals surface area contributed by atoms with Crippen molar-refractivity contribution in [3.63, 3.8) is 0 Å². The van der Waals surface area contributed by atoms with Crippen LogP contribution in [0.1, 0.15) is 5.69 Å². The fraction of sp³-hybridized carbons (Fsp3) is 0.0588. The van der Waals surface area contributed by atoms with Crippen molar-refractivity contribution < 1.29 is 4.39 Å². The van der Waals surface area contributed by atoms with Crippen molar-refractivity contribution in [3.8, 4) is 0 Å². The standard InChI is InChI=1S/C17H12FN5OS2/c18-11-4-3-5-12(8-11)20-16-21-22-17(26-16)25-10-13-9-15(24)23-7-2-1-6-14(23)19-13/h1-9H,10H2,(H,20,21). The molecule has 0 fully saturated rings. The van der Waals surface area contributed by atoms with E-state index in [2.05, 4.69) is 20.5 Å². The Kier molecular flexibility index (Phi) is 4.63. The van der Waals surface area contributed by atoms with E-state index in [1.807, 2.05) is 6.07 Å². The number of thioether (sulfide) groups is 1. The molecule has 1 aromatic carbocycles. The molecule has 0 spiro atoms. The average molecular weight is 385 g/mol. The summed E-state index contributed by atoms with van der Waals surface area (Å²) < 4.78 is 15.5. The Morgan fingerprint density at radius 3 is 2.96 bits per heavy atom. The molecule has 4 rings (SSSR count). The molecule has 0 saturated heterocycles. The molecule has 9 heteroatoms. The van der Waals surface area contributed by atoms with Crippen molar-refractivity contribution in [3.05, 3.63) is 76.6 Å². The van der Waals surface area contributed by atoms with Gasteiger partial charge in [0.1, 0.15) is 11.5 Å². The second-order valence-corrected chi connectivity index (χ2v) is 7.51. The van der Waals surface area contributed by atoms with Gasteiger partial charge in [-0.25, -0.2) is 9.37 Å². The number of hydrogen-bond acceptors (Lipinski definition) is 7. The lowest BCUT2D eigenvalue weighted by molar-refractivity contribution is 0.628. The van der Waals surface area contributed by atoms with Crippen LogP contribution in [0.4, 0.5) is 15.2 Å². The number of hydrogen-bond donors (Lipinski definition) is 1. The summed E-state index contributed by atoms with van der Waals surface area (Å²) in [5.41, 5.74) is 1.79. The van der Waals surface area contributed by atoms with E-state index in [0.717, 1.165) is 4.34 Å². The molecular weight excluding hydrogens is 373 g/mol. The number of aromatic nitrogens is 4. The minimum absolute atomic E-state index is 0.114. The second-order valence-electron chi connectivity index (χ2n) is 5.31. The maximum Gasteiger partial charge on any atom is 0.258 e. The largest absolute Gasteiger partial charge is 0.330 e. The minimum atomic E-state index is -0.317. The number of anilines is 2. The van der Waals surface area contributed by atoms with Gasteiger partial charge in [0, 0.05) is 23.7 Å². The SMILES string of the molecule is O=c1cc(CSc2nnc(Nc3cccc(F)c3)s2)nc2ccccn12. The lowest BCUT2D eigenvalue weighted by atomic mass is 10.3. The number of rotatable bonds is 5. The maximum absolute atomic E-state index is 13.2. The van der Waals surface area contributed by atoms with Gasteiger partial charge in [-0.1, -0.05) is 35.2 Å². The Hall–Kier alpha value is -2.78. The van der Waals surface area contributed by atoms with Crippen LogP contribution in [0.15, 0.2) is 63.9 Å². The summed E-state index contributed by atoms with van der Waals surface area (Å²) in [6.07, 6.45) is 1.69. The fourth-order valence-electron chi connectivity index (χ4n) is 2.32. The third-order valence-electron chi connectivity index (χ3n) is 3.45. The number of fused-ring (bicyclic) bond motifs is 1. The van der Waals surface area contributed by atoms with Crippen LogP contribution in [0.3, 0.4) is 0 Å². The van der Waals surface area contributed by atoms with Gasteiger partial charge < -0.3 is 5.32 Å². The minimum Gasteiger partial charge on any atom is -0.330 e. The van der Waals surface area contributed by atoms with Crippen molar-refractivity contribution in [2.45, 2.75) is 10.1 Å². The predicted octanol–water partition coefficient (Wildman–Crippen LogP) is 3.72. The van der Waals surface area contributed by atoms with Gasteiger partial charge in [-0.05, 0) is 30.3 Å². The fourth-order valence-corrected chi connectivity index (χ4v) is 3.99. The van der Waals surface area contributed by atoms with Gasteiger partial charge in [-0.2, -0.15) is 0 Å². The smallest absolute Gasteiger partial charge is 0.258 e. The first-order chi connectivity index (χ1) is 12.7. The highest BCUT2D eigenvalue weighted by molar-refractivity contribution is 8.00. The molecule has 0 bridgehead atoms. The van der Waals surface area contributed by atoms with Crippen LogP contribution in [-0.4, -0.2) is 19.6 Å². The van der Waals surface area contributed by atoms with Crippen LogP contribution in [0.5, 0.6) is 0 Å². The summed E-state index contributed by atoms with van der Waals surface area (Å²) >= 11 is 2.80. The molecule has 130 valence electrons. The molecule has 26 heavy (non-hydrogen) atoms. The molecule has 0 atom stereocenters. The third-order valence-corrected chi connectivity index (χ3v) is 5.46. The molecule has 0 radical (unpaired) electrons. The van der Waals surface area contributed by atoms with Crippen LogP contribution in [0, 0.1) is 5.82 Å². The molecule has 3 aromatic heterocycles. The molecule has 0 aliphatic heterocycles. The number of pyridine rings is 1. The summed E-state index contributed by atoms with van der Waals surface area (Å²) in [6, 6.07) is 13.1. The van der Waals surface area contributed by atoms with E-state index in [4.69, 9.17) is 0 Å². The summed E-state index contributed by atoms with van der Waals surface area (Å²) in [4.78, 5) is 16.6. The van der Waals surface area contributed by atoms with Gasteiger partial charge in [-0.3, -0.25) is 9.20 Å². The molecule has 0 unspecified atom stereocenters. The van der Waals surface area contributed by atoms with E-state index in [-0.39, 0.29) is 11.4 Å². The molecule has 0 amide bonds. The van der Waals surface area contributed by atoms with Crippen LogP contribution < -0.4 is 10.9 Å². The summed E-state index contributed by atoms with van der Waals surface area (Å²) in [6.45, 7) is 0. The molecule has 0 saturated carbocycles. The van der Waals surface area contributed by atoms with E-state index < -0.39 is 0 Å². The van der Waals surface area contributed by atoms with Gasteiger partial charge in [0.15, 0.2) is 4.34 Å². The summed E-state index contributed by atoms with van der Waals surface area (Å²) in [7, 11) is 0. The average Bonchev–Trinajstić information content (AvgIpc) is 3.07. The number of halogens is 1. The van der Waals surface area contributed by atoms with Crippen molar-refractivity contribution in [2.75, 3.05) is 5.32 Å². The first-order valence-electron chi connectivity index (χ1n) is 7.63. The Morgan fingerprint density at radius 1 is 1.15 bits per heavy atom. The lowest BCUT2D eigenvalue weighted by Gasteiger charge is -2.02. The number of nitrogens with one attached hydrogen (secondary N) is 1.